The van der Waals surface area contributed by atoms with Gasteiger partial charge in [0.2, 0.25) is 0 Å². The van der Waals surface area contributed by atoms with E-state index in [0.717, 1.165) is 46.5 Å². The zero-order chi connectivity index (χ0) is 15.1. The summed E-state index contributed by atoms with van der Waals surface area (Å²) in [5, 5.41) is 9.57. The van der Waals surface area contributed by atoms with Gasteiger partial charge in [0.1, 0.15) is 0 Å². The van der Waals surface area contributed by atoms with Gasteiger partial charge in [0.15, 0.2) is 0 Å². The zero-order valence-electron chi connectivity index (χ0n) is 12.1. The topological polar surface area (TPSA) is 36.7 Å². The summed E-state index contributed by atoms with van der Waals surface area (Å²) >= 11 is 0. The number of aromatic nitrogens is 1. The highest BCUT2D eigenvalue weighted by atomic mass is 14.7. The van der Waals surface area contributed by atoms with Crippen LogP contribution in [-0.2, 0) is 0 Å². The minimum atomic E-state index is 0.664. The number of fused-ring (bicyclic) bond motifs is 2. The fourth-order valence-corrected chi connectivity index (χ4v) is 3.24. The van der Waals surface area contributed by atoms with Gasteiger partial charge in [0.25, 0.3) is 0 Å². The Morgan fingerprint density at radius 1 is 1.18 bits per heavy atom. The quantitative estimate of drug-likeness (QED) is 0.756. The molecule has 2 aliphatic carbocycles. The number of allylic oxidation sites excluding steroid dienone is 5. The van der Waals surface area contributed by atoms with Crippen molar-refractivity contribution < 1.29 is 0 Å². The molecule has 1 aromatic carbocycles. The van der Waals surface area contributed by atoms with Crippen LogP contribution < -0.4 is 0 Å². The molecule has 0 saturated carbocycles. The second kappa shape index (κ2) is 4.82. The van der Waals surface area contributed by atoms with Gasteiger partial charge in [-0.25, -0.2) is 4.98 Å². The molecule has 2 nitrogen and oxygen atoms in total. The second-order valence-corrected chi connectivity index (χ2v) is 5.57. The van der Waals surface area contributed by atoms with Gasteiger partial charge < -0.3 is 0 Å². The fraction of sp³-hybridized carbons (Fsp3) is 0.100. The van der Waals surface area contributed by atoms with Crippen molar-refractivity contribution in [3.8, 4) is 17.3 Å². The van der Waals surface area contributed by atoms with Gasteiger partial charge in [-0.05, 0) is 35.6 Å². The van der Waals surface area contributed by atoms with Crippen LogP contribution in [0, 0.1) is 11.3 Å². The standard InChI is InChI=1S/C20H14N2/c1-13-16-9-5-6-10-17(16)20-19(13)15(12-21)11-18(22-20)14-7-3-2-4-8-14/h2-5,7-9,11H,1,6,10H2. The summed E-state index contributed by atoms with van der Waals surface area (Å²) in [7, 11) is 0. The number of pyridine rings is 1. The summed E-state index contributed by atoms with van der Waals surface area (Å²) in [4.78, 5) is 4.86. The Kier molecular flexibility index (Phi) is 2.80. The van der Waals surface area contributed by atoms with Crippen molar-refractivity contribution >= 4 is 11.1 Å². The van der Waals surface area contributed by atoms with Crippen LogP contribution in [0.1, 0.15) is 29.7 Å². The van der Waals surface area contributed by atoms with Crippen LogP contribution in [0.3, 0.4) is 0 Å². The van der Waals surface area contributed by atoms with Crippen LogP contribution in [0.2, 0.25) is 0 Å². The lowest BCUT2D eigenvalue weighted by Crippen LogP contribution is -1.97. The first-order chi connectivity index (χ1) is 10.8. The van der Waals surface area contributed by atoms with E-state index in [4.69, 9.17) is 4.98 Å². The highest BCUT2D eigenvalue weighted by molar-refractivity contribution is 6.02. The lowest BCUT2D eigenvalue weighted by atomic mass is 9.98. The van der Waals surface area contributed by atoms with Crippen LogP contribution in [0.5, 0.6) is 0 Å². The molecular formula is C20H14N2. The summed E-state index contributed by atoms with van der Waals surface area (Å²) < 4.78 is 0. The van der Waals surface area contributed by atoms with Gasteiger partial charge in [-0.15, -0.1) is 0 Å². The smallest absolute Gasteiger partial charge is 0.0999 e. The van der Waals surface area contributed by atoms with Crippen molar-refractivity contribution in [2.75, 3.05) is 0 Å². The average molecular weight is 282 g/mol. The first kappa shape index (κ1) is 12.8. The summed E-state index contributed by atoms with van der Waals surface area (Å²) in [6.07, 6.45) is 6.27. The number of nitriles is 1. The Balaban J connectivity index is 1.98. The molecule has 1 aromatic heterocycles. The number of hydrogen-bond acceptors (Lipinski definition) is 2. The first-order valence-electron chi connectivity index (χ1n) is 7.40. The lowest BCUT2D eigenvalue weighted by Gasteiger charge is -2.10. The van der Waals surface area contributed by atoms with Gasteiger partial charge >= 0.3 is 0 Å². The molecule has 22 heavy (non-hydrogen) atoms. The molecule has 1 heterocycles. The highest BCUT2D eigenvalue weighted by Crippen LogP contribution is 2.46. The molecule has 4 rings (SSSR count). The summed E-state index contributed by atoms with van der Waals surface area (Å²) in [5.74, 6) is 0. The number of benzene rings is 1. The average Bonchev–Trinajstić information content (AvgIpc) is 2.88. The largest absolute Gasteiger partial charge is 0.247 e. The molecule has 2 aromatic rings. The zero-order valence-corrected chi connectivity index (χ0v) is 12.1. The van der Waals surface area contributed by atoms with Crippen LogP contribution in [0.4, 0.5) is 0 Å². The highest BCUT2D eigenvalue weighted by Gasteiger charge is 2.29. The summed E-state index contributed by atoms with van der Waals surface area (Å²) in [6.45, 7) is 4.19. The molecule has 0 aliphatic heterocycles. The normalized spacial score (nSPS) is 15.5. The molecule has 0 bridgehead atoms. The van der Waals surface area contributed by atoms with Gasteiger partial charge in [-0.3, -0.25) is 0 Å². The van der Waals surface area contributed by atoms with Crippen molar-refractivity contribution in [3.63, 3.8) is 0 Å². The monoisotopic (exact) mass is 282 g/mol. The molecule has 0 saturated heterocycles. The number of rotatable bonds is 1. The van der Waals surface area contributed by atoms with Gasteiger partial charge in [-0.1, -0.05) is 49.1 Å². The maximum Gasteiger partial charge on any atom is 0.0999 e. The third-order valence-electron chi connectivity index (χ3n) is 4.29. The Labute approximate surface area is 129 Å². The van der Waals surface area contributed by atoms with E-state index in [1.54, 1.807) is 0 Å². The van der Waals surface area contributed by atoms with Crippen LogP contribution in [-0.4, -0.2) is 4.98 Å². The minimum absolute atomic E-state index is 0.664. The van der Waals surface area contributed by atoms with E-state index in [1.165, 1.54) is 5.57 Å². The predicted molar refractivity (Wildman–Crippen MR) is 88.7 cm³/mol. The summed E-state index contributed by atoms with van der Waals surface area (Å²) in [5.41, 5.74) is 7.73. The molecule has 0 atom stereocenters. The molecule has 0 N–H and O–H groups in total. The number of nitrogens with zero attached hydrogens (tertiary/aromatic N) is 2. The Bertz CT molecular complexity index is 893. The third kappa shape index (κ3) is 1.76. The van der Waals surface area contributed by atoms with Crippen molar-refractivity contribution in [2.45, 2.75) is 12.8 Å². The van der Waals surface area contributed by atoms with Gasteiger partial charge in [0, 0.05) is 11.1 Å². The Morgan fingerprint density at radius 3 is 2.77 bits per heavy atom. The number of hydrogen-bond donors (Lipinski definition) is 0. The van der Waals surface area contributed by atoms with E-state index in [0.29, 0.717) is 5.56 Å². The molecular weight excluding hydrogens is 268 g/mol. The van der Waals surface area contributed by atoms with E-state index in [2.05, 4.69) is 24.8 Å². The second-order valence-electron chi connectivity index (χ2n) is 5.57. The Hall–Kier alpha value is -2.92. The SMILES string of the molecule is C=C1C2=C(CCC=C2)c2nc(-c3ccccc3)cc(C#N)c21. The van der Waals surface area contributed by atoms with E-state index in [1.807, 2.05) is 36.4 Å². The molecule has 2 aliphatic rings. The van der Waals surface area contributed by atoms with E-state index in [9.17, 15) is 5.26 Å². The van der Waals surface area contributed by atoms with Crippen molar-refractivity contribution in [1.82, 2.24) is 4.98 Å². The van der Waals surface area contributed by atoms with E-state index < -0.39 is 0 Å². The van der Waals surface area contributed by atoms with Crippen LogP contribution in [0.25, 0.3) is 22.4 Å². The van der Waals surface area contributed by atoms with Gasteiger partial charge in [0.05, 0.1) is 23.0 Å². The lowest BCUT2D eigenvalue weighted by molar-refractivity contribution is 1.04. The maximum atomic E-state index is 9.57. The van der Waals surface area contributed by atoms with Crippen molar-refractivity contribution in [3.05, 3.63) is 77.5 Å². The molecule has 2 heteroatoms. The molecule has 104 valence electrons. The van der Waals surface area contributed by atoms with Crippen molar-refractivity contribution in [1.29, 1.82) is 5.26 Å². The molecule has 0 radical (unpaired) electrons. The minimum Gasteiger partial charge on any atom is -0.247 e. The molecule has 0 fully saturated rings. The first-order valence-corrected chi connectivity index (χ1v) is 7.40. The predicted octanol–water partition coefficient (Wildman–Crippen LogP) is 4.75. The Morgan fingerprint density at radius 2 is 2.00 bits per heavy atom. The molecule has 0 amide bonds. The van der Waals surface area contributed by atoms with E-state index >= 15 is 0 Å². The van der Waals surface area contributed by atoms with Crippen molar-refractivity contribution in [2.24, 2.45) is 0 Å². The van der Waals surface area contributed by atoms with Crippen LogP contribution >= 0.6 is 0 Å². The van der Waals surface area contributed by atoms with Gasteiger partial charge in [-0.2, -0.15) is 5.26 Å². The summed E-state index contributed by atoms with van der Waals surface area (Å²) in [6, 6.07) is 14.2. The maximum absolute atomic E-state index is 9.57. The fourth-order valence-electron chi connectivity index (χ4n) is 3.24. The third-order valence-corrected chi connectivity index (χ3v) is 4.29. The van der Waals surface area contributed by atoms with E-state index in [-0.39, 0.29) is 0 Å². The van der Waals surface area contributed by atoms with Crippen LogP contribution in [0.15, 0.2) is 60.7 Å². The molecule has 0 spiro atoms. The molecule has 0 unspecified atom stereocenters.